The number of hydrogen-bond donors (Lipinski definition) is 3. The van der Waals surface area contributed by atoms with E-state index in [1.807, 2.05) is 0 Å². The SMILES string of the molecule is CCCc1cnc(C(O)CN)[nH]1. The first kappa shape index (κ1) is 9.22. The van der Waals surface area contributed by atoms with Gasteiger partial charge in [-0.15, -0.1) is 0 Å². The van der Waals surface area contributed by atoms with Crippen molar-refractivity contribution in [2.45, 2.75) is 25.9 Å². The molecule has 4 N–H and O–H groups in total. The third-order valence-electron chi connectivity index (χ3n) is 1.71. The van der Waals surface area contributed by atoms with Gasteiger partial charge in [0.1, 0.15) is 11.9 Å². The summed E-state index contributed by atoms with van der Waals surface area (Å²) >= 11 is 0. The van der Waals surface area contributed by atoms with Gasteiger partial charge in [-0.3, -0.25) is 0 Å². The monoisotopic (exact) mass is 169 g/mol. The fraction of sp³-hybridized carbons (Fsp3) is 0.625. The number of aromatic amines is 1. The summed E-state index contributed by atoms with van der Waals surface area (Å²) in [5.74, 6) is 0.570. The third-order valence-corrected chi connectivity index (χ3v) is 1.71. The van der Waals surface area contributed by atoms with Crippen LogP contribution in [0.2, 0.25) is 0 Å². The Hall–Kier alpha value is -0.870. The summed E-state index contributed by atoms with van der Waals surface area (Å²) in [6.45, 7) is 2.30. The van der Waals surface area contributed by atoms with E-state index in [4.69, 9.17) is 5.73 Å². The van der Waals surface area contributed by atoms with E-state index in [0.717, 1.165) is 18.5 Å². The summed E-state index contributed by atoms with van der Waals surface area (Å²) in [6.07, 6.45) is 3.12. The molecule has 1 rings (SSSR count). The minimum Gasteiger partial charge on any atom is -0.384 e. The van der Waals surface area contributed by atoms with Gasteiger partial charge in [0.25, 0.3) is 0 Å². The smallest absolute Gasteiger partial charge is 0.136 e. The Morgan fingerprint density at radius 3 is 3.08 bits per heavy atom. The van der Waals surface area contributed by atoms with Gasteiger partial charge < -0.3 is 15.8 Å². The predicted octanol–water partition coefficient (Wildman–Crippen LogP) is 0.354. The van der Waals surface area contributed by atoms with Crippen LogP contribution in [0.1, 0.15) is 31.0 Å². The summed E-state index contributed by atoms with van der Waals surface area (Å²) in [5, 5.41) is 9.29. The van der Waals surface area contributed by atoms with E-state index >= 15 is 0 Å². The molecule has 1 aromatic rings. The number of aliphatic hydroxyl groups is 1. The normalized spacial score (nSPS) is 13.2. The summed E-state index contributed by atoms with van der Waals surface area (Å²) in [7, 11) is 0. The van der Waals surface area contributed by atoms with Crippen LogP contribution in [0.15, 0.2) is 6.20 Å². The van der Waals surface area contributed by atoms with Crippen LogP contribution in [0.5, 0.6) is 0 Å². The Kier molecular flexibility index (Phi) is 3.25. The molecule has 12 heavy (non-hydrogen) atoms. The molecule has 1 heterocycles. The molecule has 68 valence electrons. The van der Waals surface area contributed by atoms with Gasteiger partial charge in [-0.25, -0.2) is 4.98 Å². The van der Waals surface area contributed by atoms with Crippen LogP contribution in [-0.4, -0.2) is 21.6 Å². The van der Waals surface area contributed by atoms with Crippen molar-refractivity contribution in [1.29, 1.82) is 0 Å². The van der Waals surface area contributed by atoms with Gasteiger partial charge in [0.2, 0.25) is 0 Å². The molecule has 0 aliphatic rings. The van der Waals surface area contributed by atoms with Gasteiger partial charge in [-0.1, -0.05) is 13.3 Å². The highest BCUT2D eigenvalue weighted by Gasteiger charge is 2.08. The lowest BCUT2D eigenvalue weighted by Gasteiger charge is -2.01. The average molecular weight is 169 g/mol. The van der Waals surface area contributed by atoms with E-state index in [9.17, 15) is 5.11 Å². The zero-order valence-electron chi connectivity index (χ0n) is 7.25. The maximum absolute atomic E-state index is 9.29. The van der Waals surface area contributed by atoms with Crippen molar-refractivity contribution in [3.8, 4) is 0 Å². The zero-order valence-corrected chi connectivity index (χ0v) is 7.25. The topological polar surface area (TPSA) is 74.9 Å². The van der Waals surface area contributed by atoms with Crippen LogP contribution in [0, 0.1) is 0 Å². The van der Waals surface area contributed by atoms with Gasteiger partial charge in [0.15, 0.2) is 0 Å². The molecule has 0 saturated carbocycles. The molecule has 4 heteroatoms. The maximum atomic E-state index is 9.29. The number of aryl methyl sites for hydroxylation is 1. The summed E-state index contributed by atoms with van der Waals surface area (Å²) in [4.78, 5) is 7.04. The first-order valence-electron chi connectivity index (χ1n) is 4.19. The van der Waals surface area contributed by atoms with Crippen molar-refractivity contribution in [3.63, 3.8) is 0 Å². The minimum absolute atomic E-state index is 0.207. The standard InChI is InChI=1S/C8H15N3O/c1-2-3-6-5-10-8(11-6)7(12)4-9/h5,7,12H,2-4,9H2,1H3,(H,10,11). The van der Waals surface area contributed by atoms with Crippen LogP contribution < -0.4 is 5.73 Å². The molecule has 0 spiro atoms. The maximum Gasteiger partial charge on any atom is 0.136 e. The molecule has 0 aromatic carbocycles. The molecule has 1 atom stereocenters. The summed E-state index contributed by atoms with van der Waals surface area (Å²) in [6, 6.07) is 0. The first-order chi connectivity index (χ1) is 5.77. The van der Waals surface area contributed by atoms with Crippen molar-refractivity contribution < 1.29 is 5.11 Å². The van der Waals surface area contributed by atoms with Crippen LogP contribution in [0.3, 0.4) is 0 Å². The van der Waals surface area contributed by atoms with E-state index in [1.165, 1.54) is 0 Å². The molecule has 0 aliphatic carbocycles. The van der Waals surface area contributed by atoms with Crippen LogP contribution in [0.25, 0.3) is 0 Å². The van der Waals surface area contributed by atoms with Crippen LogP contribution in [-0.2, 0) is 6.42 Å². The van der Waals surface area contributed by atoms with E-state index in [0.29, 0.717) is 5.82 Å². The number of imidazole rings is 1. The van der Waals surface area contributed by atoms with Crippen LogP contribution >= 0.6 is 0 Å². The van der Waals surface area contributed by atoms with Crippen LogP contribution in [0.4, 0.5) is 0 Å². The number of hydrogen-bond acceptors (Lipinski definition) is 3. The Balaban J connectivity index is 2.63. The van der Waals surface area contributed by atoms with E-state index in [-0.39, 0.29) is 6.54 Å². The third kappa shape index (κ3) is 2.06. The molecular formula is C8H15N3O. The van der Waals surface area contributed by atoms with E-state index < -0.39 is 6.10 Å². The van der Waals surface area contributed by atoms with Crippen molar-refractivity contribution in [2.24, 2.45) is 5.73 Å². The zero-order chi connectivity index (χ0) is 8.97. The highest BCUT2D eigenvalue weighted by Crippen LogP contribution is 2.07. The lowest BCUT2D eigenvalue weighted by molar-refractivity contribution is 0.177. The summed E-state index contributed by atoms with van der Waals surface area (Å²) in [5.41, 5.74) is 6.33. The minimum atomic E-state index is -0.657. The number of aliphatic hydroxyl groups excluding tert-OH is 1. The largest absolute Gasteiger partial charge is 0.384 e. The number of H-pyrrole nitrogens is 1. The highest BCUT2D eigenvalue weighted by atomic mass is 16.3. The fourth-order valence-electron chi connectivity index (χ4n) is 1.05. The van der Waals surface area contributed by atoms with Gasteiger partial charge in [-0.2, -0.15) is 0 Å². The molecule has 0 aliphatic heterocycles. The Morgan fingerprint density at radius 2 is 2.50 bits per heavy atom. The number of nitrogens with zero attached hydrogens (tertiary/aromatic N) is 1. The fourth-order valence-corrected chi connectivity index (χ4v) is 1.05. The Bertz CT molecular complexity index is 234. The molecule has 1 aromatic heterocycles. The van der Waals surface area contributed by atoms with Gasteiger partial charge in [-0.05, 0) is 6.42 Å². The predicted molar refractivity (Wildman–Crippen MR) is 46.6 cm³/mol. The number of nitrogens with two attached hydrogens (primary N) is 1. The van der Waals surface area contributed by atoms with Crippen molar-refractivity contribution in [1.82, 2.24) is 9.97 Å². The molecule has 0 amide bonds. The number of nitrogens with one attached hydrogen (secondary N) is 1. The average Bonchev–Trinajstić information content (AvgIpc) is 2.52. The van der Waals surface area contributed by atoms with Gasteiger partial charge in [0.05, 0.1) is 0 Å². The summed E-state index contributed by atoms with van der Waals surface area (Å²) < 4.78 is 0. The van der Waals surface area contributed by atoms with Crippen molar-refractivity contribution in [3.05, 3.63) is 17.7 Å². The molecule has 0 radical (unpaired) electrons. The van der Waals surface area contributed by atoms with Crippen molar-refractivity contribution >= 4 is 0 Å². The molecule has 0 bridgehead atoms. The van der Waals surface area contributed by atoms with Gasteiger partial charge >= 0.3 is 0 Å². The lowest BCUT2D eigenvalue weighted by atomic mass is 10.3. The molecule has 1 unspecified atom stereocenters. The van der Waals surface area contributed by atoms with E-state index in [1.54, 1.807) is 6.20 Å². The number of aromatic nitrogens is 2. The highest BCUT2D eigenvalue weighted by molar-refractivity contribution is 5.03. The van der Waals surface area contributed by atoms with E-state index in [2.05, 4.69) is 16.9 Å². The quantitative estimate of drug-likeness (QED) is 0.609. The molecule has 0 saturated heterocycles. The Labute approximate surface area is 71.8 Å². The lowest BCUT2D eigenvalue weighted by Crippen LogP contribution is -2.12. The molecular weight excluding hydrogens is 154 g/mol. The second kappa shape index (κ2) is 4.23. The number of rotatable bonds is 4. The molecule has 4 nitrogen and oxygen atoms in total. The first-order valence-corrected chi connectivity index (χ1v) is 4.19. The van der Waals surface area contributed by atoms with Crippen molar-refractivity contribution in [2.75, 3.05) is 6.54 Å². The van der Waals surface area contributed by atoms with Gasteiger partial charge in [0, 0.05) is 18.4 Å². The second-order valence-electron chi connectivity index (χ2n) is 2.80. The molecule has 0 fully saturated rings. The Morgan fingerprint density at radius 1 is 1.75 bits per heavy atom. The second-order valence-corrected chi connectivity index (χ2v) is 2.80.